The van der Waals surface area contributed by atoms with Crippen molar-refractivity contribution in [1.82, 2.24) is 0 Å². The number of alkyl halides is 1. The van der Waals surface area contributed by atoms with Crippen LogP contribution in [-0.4, -0.2) is 42.6 Å². The molecule has 0 saturated heterocycles. The maximum Gasteiger partial charge on any atom is 0.500 e. The van der Waals surface area contributed by atoms with E-state index in [1.807, 2.05) is 0 Å². The SMILES string of the molecule is CCC[Si](OC)(OC)OC.C[Si](C)(C)CCCI. The fraction of sp³-hybridized carbons (Fsp3) is 1.00. The molecule has 0 aliphatic carbocycles. The molecule has 0 bridgehead atoms. The maximum absolute atomic E-state index is 5.17. The molecule has 18 heavy (non-hydrogen) atoms. The molecular formula is C12H31IO3Si2. The molecule has 0 rings (SSSR count). The molecular weight excluding hydrogens is 375 g/mol. The Balaban J connectivity index is 0. The van der Waals surface area contributed by atoms with Gasteiger partial charge in [0.15, 0.2) is 0 Å². The van der Waals surface area contributed by atoms with Crippen LogP contribution >= 0.6 is 22.6 Å². The van der Waals surface area contributed by atoms with Gasteiger partial charge in [0.2, 0.25) is 0 Å². The molecule has 6 heteroatoms. The van der Waals surface area contributed by atoms with Crippen LogP contribution in [0.1, 0.15) is 19.8 Å². The molecule has 0 aliphatic heterocycles. The second-order valence-electron chi connectivity index (χ2n) is 5.40. The summed E-state index contributed by atoms with van der Waals surface area (Å²) in [5.74, 6) is 0. The van der Waals surface area contributed by atoms with Crippen LogP contribution in [0.3, 0.4) is 0 Å². The van der Waals surface area contributed by atoms with Crippen LogP contribution in [0.4, 0.5) is 0 Å². The molecule has 0 heterocycles. The molecule has 0 amide bonds. The van der Waals surface area contributed by atoms with Gasteiger partial charge in [0, 0.05) is 35.4 Å². The third-order valence-corrected chi connectivity index (χ3v) is 8.14. The topological polar surface area (TPSA) is 27.7 Å². The van der Waals surface area contributed by atoms with Gasteiger partial charge in [0.1, 0.15) is 0 Å². The number of hydrogen-bond acceptors (Lipinski definition) is 3. The molecule has 0 aromatic carbocycles. The number of hydrogen-bond donors (Lipinski definition) is 0. The first-order chi connectivity index (χ1) is 8.30. The third-order valence-electron chi connectivity index (χ3n) is 2.55. The van der Waals surface area contributed by atoms with Crippen molar-refractivity contribution in [3.05, 3.63) is 0 Å². The van der Waals surface area contributed by atoms with Gasteiger partial charge in [-0.3, -0.25) is 0 Å². The first kappa shape index (κ1) is 21.3. The summed E-state index contributed by atoms with van der Waals surface area (Å²) in [5, 5.41) is 0. The van der Waals surface area contributed by atoms with Gasteiger partial charge < -0.3 is 13.3 Å². The van der Waals surface area contributed by atoms with Gasteiger partial charge in [-0.25, -0.2) is 0 Å². The number of halogens is 1. The molecule has 0 saturated carbocycles. The molecule has 0 unspecified atom stereocenters. The zero-order valence-corrected chi connectivity index (χ0v) is 17.3. The first-order valence-electron chi connectivity index (χ1n) is 6.52. The molecule has 0 aromatic rings. The Morgan fingerprint density at radius 3 is 1.44 bits per heavy atom. The van der Waals surface area contributed by atoms with E-state index in [0.717, 1.165) is 12.5 Å². The van der Waals surface area contributed by atoms with Crippen molar-refractivity contribution >= 4 is 39.5 Å². The summed E-state index contributed by atoms with van der Waals surface area (Å²) < 4.78 is 16.8. The minimum absolute atomic E-state index is 0.683. The first-order valence-corrected chi connectivity index (χ1v) is 13.7. The second-order valence-corrected chi connectivity index (χ2v) is 15.2. The minimum atomic E-state index is -2.22. The summed E-state index contributed by atoms with van der Waals surface area (Å²) >= 11 is 2.45. The van der Waals surface area contributed by atoms with E-state index in [2.05, 4.69) is 49.2 Å². The fourth-order valence-electron chi connectivity index (χ4n) is 1.46. The van der Waals surface area contributed by atoms with Crippen molar-refractivity contribution in [3.8, 4) is 0 Å². The molecule has 0 N–H and O–H groups in total. The summed E-state index contributed by atoms with van der Waals surface area (Å²) in [6.45, 7) is 9.37. The van der Waals surface area contributed by atoms with E-state index in [0.29, 0.717) is 0 Å². The quantitative estimate of drug-likeness (QED) is 0.339. The third kappa shape index (κ3) is 12.1. The molecule has 0 aliphatic rings. The van der Waals surface area contributed by atoms with Crippen LogP contribution in [-0.2, 0) is 13.3 Å². The van der Waals surface area contributed by atoms with Crippen molar-refractivity contribution in [3.63, 3.8) is 0 Å². The Kier molecular flexibility index (Phi) is 14.0. The lowest BCUT2D eigenvalue weighted by molar-refractivity contribution is 0.123. The predicted octanol–water partition coefficient (Wildman–Crippen LogP) is 4.42. The smallest absolute Gasteiger partial charge is 0.377 e. The van der Waals surface area contributed by atoms with Gasteiger partial charge >= 0.3 is 8.80 Å². The van der Waals surface area contributed by atoms with Gasteiger partial charge in [-0.1, -0.05) is 61.6 Å². The Bertz CT molecular complexity index is 174. The summed E-state index contributed by atoms with van der Waals surface area (Å²) in [7, 11) is 2.00. The molecule has 112 valence electrons. The molecule has 0 aromatic heterocycles. The summed E-state index contributed by atoms with van der Waals surface area (Å²) in [6, 6.07) is 2.38. The maximum atomic E-state index is 5.17. The van der Waals surface area contributed by atoms with Crippen LogP contribution in [0.15, 0.2) is 0 Å². The largest absolute Gasteiger partial charge is 0.500 e. The fourth-order valence-corrected chi connectivity index (χ4v) is 5.52. The van der Waals surface area contributed by atoms with Crippen LogP contribution in [0.2, 0.25) is 31.7 Å². The lowest BCUT2D eigenvalue weighted by Crippen LogP contribution is -2.42. The highest BCUT2D eigenvalue weighted by atomic mass is 127. The minimum Gasteiger partial charge on any atom is -0.377 e. The van der Waals surface area contributed by atoms with Gasteiger partial charge in [-0.05, 0) is 10.8 Å². The molecule has 0 fully saturated rings. The van der Waals surface area contributed by atoms with E-state index in [1.54, 1.807) is 21.3 Å². The molecule has 3 nitrogen and oxygen atoms in total. The lowest BCUT2D eigenvalue weighted by atomic mass is 10.6. The van der Waals surface area contributed by atoms with E-state index < -0.39 is 16.9 Å². The van der Waals surface area contributed by atoms with E-state index >= 15 is 0 Å². The van der Waals surface area contributed by atoms with Crippen molar-refractivity contribution in [2.75, 3.05) is 25.8 Å². The summed E-state index contributed by atoms with van der Waals surface area (Å²) in [6.07, 6.45) is 2.46. The zero-order chi connectivity index (χ0) is 14.7. The van der Waals surface area contributed by atoms with Crippen LogP contribution in [0.5, 0.6) is 0 Å². The Hall–Kier alpha value is 1.04. The monoisotopic (exact) mass is 406 g/mol. The normalized spacial score (nSPS) is 12.0. The Labute approximate surface area is 129 Å². The molecule has 0 radical (unpaired) electrons. The Morgan fingerprint density at radius 1 is 0.889 bits per heavy atom. The standard InChI is InChI=1S/C6H15ISi.C6H16O3Si/c1-8(2,3)6-4-5-7;1-5-6-10(7-2,8-3)9-4/h4-6H2,1-3H3;5-6H2,1-4H3. The Morgan fingerprint density at radius 2 is 1.33 bits per heavy atom. The number of rotatable bonds is 8. The van der Waals surface area contributed by atoms with Crippen LogP contribution in [0.25, 0.3) is 0 Å². The molecule has 0 spiro atoms. The average Bonchev–Trinajstić information content (AvgIpc) is 2.34. The van der Waals surface area contributed by atoms with E-state index in [1.165, 1.54) is 16.9 Å². The second kappa shape index (κ2) is 11.8. The van der Waals surface area contributed by atoms with Crippen molar-refractivity contribution < 1.29 is 13.3 Å². The van der Waals surface area contributed by atoms with Gasteiger partial charge in [0.05, 0.1) is 0 Å². The van der Waals surface area contributed by atoms with Crippen molar-refractivity contribution in [2.24, 2.45) is 0 Å². The van der Waals surface area contributed by atoms with Crippen LogP contribution in [0, 0.1) is 0 Å². The van der Waals surface area contributed by atoms with E-state index in [-0.39, 0.29) is 0 Å². The molecule has 0 atom stereocenters. The van der Waals surface area contributed by atoms with Crippen molar-refractivity contribution in [1.29, 1.82) is 0 Å². The van der Waals surface area contributed by atoms with Gasteiger partial charge in [0.25, 0.3) is 0 Å². The highest BCUT2D eigenvalue weighted by Crippen LogP contribution is 2.13. The van der Waals surface area contributed by atoms with Gasteiger partial charge in [-0.15, -0.1) is 0 Å². The van der Waals surface area contributed by atoms with E-state index in [9.17, 15) is 0 Å². The van der Waals surface area contributed by atoms with Crippen molar-refractivity contribution in [2.45, 2.75) is 51.5 Å². The summed E-state index contributed by atoms with van der Waals surface area (Å²) in [5.41, 5.74) is 0. The van der Waals surface area contributed by atoms with Crippen LogP contribution < -0.4 is 0 Å². The lowest BCUT2D eigenvalue weighted by Gasteiger charge is -2.23. The highest BCUT2D eigenvalue weighted by Gasteiger charge is 2.36. The highest BCUT2D eigenvalue weighted by molar-refractivity contribution is 14.1. The van der Waals surface area contributed by atoms with E-state index in [4.69, 9.17) is 13.3 Å². The zero-order valence-electron chi connectivity index (χ0n) is 13.1. The summed E-state index contributed by atoms with van der Waals surface area (Å²) in [4.78, 5) is 0. The predicted molar refractivity (Wildman–Crippen MR) is 93.5 cm³/mol. The van der Waals surface area contributed by atoms with Gasteiger partial charge in [-0.2, -0.15) is 0 Å². The average molecular weight is 406 g/mol.